The van der Waals surface area contributed by atoms with Gasteiger partial charge in [0, 0.05) is 82.1 Å². The molecule has 4 fully saturated rings. The lowest BCUT2D eigenvalue weighted by molar-refractivity contribution is -0.0342. The van der Waals surface area contributed by atoms with Crippen LogP contribution in [0.15, 0.2) is 36.5 Å². The van der Waals surface area contributed by atoms with Gasteiger partial charge in [-0.05, 0) is 99.7 Å². The fourth-order valence-electron chi connectivity index (χ4n) is 8.24. The van der Waals surface area contributed by atoms with E-state index in [1.165, 1.54) is 37.2 Å². The van der Waals surface area contributed by atoms with E-state index in [4.69, 9.17) is 20.4 Å². The number of aryl methyl sites for hydroxylation is 2. The minimum Gasteiger partial charge on any atom is -0.381 e. The lowest BCUT2D eigenvalue weighted by Crippen LogP contribution is -2.52. The van der Waals surface area contributed by atoms with Crippen LogP contribution in [0, 0.1) is 12.3 Å². The van der Waals surface area contributed by atoms with Gasteiger partial charge >= 0.3 is 0 Å². The maximum Gasteiger partial charge on any atom is 0.271 e. The van der Waals surface area contributed by atoms with Crippen molar-refractivity contribution in [2.24, 2.45) is 11.1 Å². The molecule has 5 heterocycles. The first kappa shape index (κ1) is 32.7. The Balaban J connectivity index is 1.12. The molecule has 7 rings (SSSR count). The zero-order chi connectivity index (χ0) is 33.3. The Morgan fingerprint density at radius 2 is 1.75 bits per heavy atom. The van der Waals surface area contributed by atoms with Crippen LogP contribution in [0.2, 0.25) is 0 Å². The highest BCUT2D eigenvalue weighted by Gasteiger charge is 2.45. The van der Waals surface area contributed by atoms with Gasteiger partial charge < -0.3 is 30.9 Å². The highest BCUT2D eigenvalue weighted by atomic mass is 16.5. The summed E-state index contributed by atoms with van der Waals surface area (Å²) in [6.45, 7) is 12.7. The van der Waals surface area contributed by atoms with E-state index in [1.54, 1.807) is 6.20 Å². The average Bonchev–Trinajstić information content (AvgIpc) is 3.09. The number of rotatable bonds is 9. The summed E-state index contributed by atoms with van der Waals surface area (Å²) in [5.41, 5.74) is 12.0. The topological polar surface area (TPSA) is 125 Å². The molecule has 0 unspecified atom stereocenters. The molecule has 2 aromatic heterocycles. The molecular formula is C37H51N9O2. The van der Waals surface area contributed by atoms with Gasteiger partial charge in [0.05, 0.1) is 5.69 Å². The van der Waals surface area contributed by atoms with Crippen LogP contribution in [0.3, 0.4) is 0 Å². The number of nitrogens with one attached hydrogen (secondary N) is 2. The maximum absolute atomic E-state index is 12.8. The van der Waals surface area contributed by atoms with Crippen molar-refractivity contribution in [1.82, 2.24) is 24.8 Å². The third-order valence-corrected chi connectivity index (χ3v) is 11.2. The molecule has 4 aliphatic rings. The fourth-order valence-corrected chi connectivity index (χ4v) is 8.24. The second-order valence-corrected chi connectivity index (χ2v) is 14.4. The number of pyridine rings is 1. The van der Waals surface area contributed by atoms with Crippen molar-refractivity contribution in [3.8, 4) is 11.4 Å². The first-order valence-corrected chi connectivity index (χ1v) is 17.9. The molecule has 11 nitrogen and oxygen atoms in total. The molecule has 256 valence electrons. The Bertz CT molecular complexity index is 1600. The second kappa shape index (κ2) is 14.0. The van der Waals surface area contributed by atoms with Gasteiger partial charge in [-0.2, -0.15) is 0 Å². The van der Waals surface area contributed by atoms with Crippen LogP contribution >= 0.6 is 0 Å². The number of benzene rings is 1. The maximum atomic E-state index is 12.8. The number of ether oxygens (including phenoxy) is 1. The largest absolute Gasteiger partial charge is 0.381 e. The molecule has 48 heavy (non-hydrogen) atoms. The smallest absolute Gasteiger partial charge is 0.271 e. The van der Waals surface area contributed by atoms with Crippen LogP contribution in [0.5, 0.6) is 0 Å². The van der Waals surface area contributed by atoms with Gasteiger partial charge in [-0.1, -0.05) is 13.0 Å². The van der Waals surface area contributed by atoms with Crippen LogP contribution in [0.4, 0.5) is 23.0 Å². The summed E-state index contributed by atoms with van der Waals surface area (Å²) in [6, 6.07) is 11.3. The van der Waals surface area contributed by atoms with Gasteiger partial charge in [0.1, 0.15) is 5.69 Å². The number of nitrogens with two attached hydrogens (primary N) is 1. The summed E-state index contributed by atoms with van der Waals surface area (Å²) in [6.07, 6.45) is 9.35. The monoisotopic (exact) mass is 653 g/mol. The van der Waals surface area contributed by atoms with E-state index in [9.17, 15) is 4.79 Å². The van der Waals surface area contributed by atoms with E-state index >= 15 is 0 Å². The molecule has 11 heteroatoms. The van der Waals surface area contributed by atoms with Crippen molar-refractivity contribution in [1.29, 1.82) is 0 Å². The van der Waals surface area contributed by atoms with E-state index in [-0.39, 0.29) is 11.7 Å². The third kappa shape index (κ3) is 6.86. The van der Waals surface area contributed by atoms with E-state index in [0.717, 1.165) is 82.7 Å². The van der Waals surface area contributed by atoms with Gasteiger partial charge in [0.25, 0.3) is 5.91 Å². The number of nitrogens with zero attached hydrogens (tertiary/aromatic N) is 6. The first-order valence-electron chi connectivity index (χ1n) is 17.9. The molecule has 4 N–H and O–H groups in total. The number of piperazine rings is 1. The minimum absolute atomic E-state index is 0.100. The number of piperidine rings is 1. The summed E-state index contributed by atoms with van der Waals surface area (Å²) in [4.78, 5) is 35.0. The molecular weight excluding hydrogens is 602 g/mol. The van der Waals surface area contributed by atoms with Crippen molar-refractivity contribution in [2.45, 2.75) is 70.9 Å². The number of likely N-dealkylation sites (N-methyl/N-ethyl adjacent to an activating group) is 1. The summed E-state index contributed by atoms with van der Waals surface area (Å²) in [7, 11) is 2.22. The molecule has 1 aromatic carbocycles. The molecule has 1 amide bonds. The predicted octanol–water partition coefficient (Wildman–Crippen LogP) is 4.84. The summed E-state index contributed by atoms with van der Waals surface area (Å²) in [5, 5.41) is 7.11. The molecule has 3 aliphatic heterocycles. The zero-order valence-corrected chi connectivity index (χ0v) is 28.8. The Morgan fingerprint density at radius 3 is 2.44 bits per heavy atom. The minimum atomic E-state index is -0.633. The normalized spacial score (nSPS) is 20.9. The summed E-state index contributed by atoms with van der Waals surface area (Å²) >= 11 is 0. The van der Waals surface area contributed by atoms with Gasteiger partial charge in [-0.25, -0.2) is 9.97 Å². The quantitative estimate of drug-likeness (QED) is 0.296. The SMILES string of the molecule is CCc1cc(Nc2nc(NC3CC4(CCOCC4)C3)c(-c3ncccc3C)nc2C(N)=O)ccc1N1CCC(N2CCN(C)CC2)CC1. The number of primary amides is 1. The second-order valence-electron chi connectivity index (χ2n) is 14.4. The Morgan fingerprint density at radius 1 is 1.00 bits per heavy atom. The number of aromatic nitrogens is 3. The highest BCUT2D eigenvalue weighted by Crippen LogP contribution is 2.50. The Hall–Kier alpha value is -3.80. The van der Waals surface area contributed by atoms with E-state index in [0.29, 0.717) is 34.5 Å². The molecule has 3 aromatic rings. The molecule has 0 radical (unpaired) electrons. The predicted molar refractivity (Wildman–Crippen MR) is 191 cm³/mol. The van der Waals surface area contributed by atoms with Crippen molar-refractivity contribution >= 4 is 28.9 Å². The number of carbonyl (C=O) groups is 1. The first-order chi connectivity index (χ1) is 23.3. The summed E-state index contributed by atoms with van der Waals surface area (Å²) in [5.74, 6) is 0.337. The van der Waals surface area contributed by atoms with Crippen LogP contribution in [-0.2, 0) is 11.2 Å². The lowest BCUT2D eigenvalue weighted by atomic mass is 9.61. The van der Waals surface area contributed by atoms with E-state index < -0.39 is 5.91 Å². The number of amides is 1. The zero-order valence-electron chi connectivity index (χ0n) is 28.8. The Labute approximate surface area is 284 Å². The number of hydrogen-bond donors (Lipinski definition) is 3. The molecule has 3 saturated heterocycles. The summed E-state index contributed by atoms with van der Waals surface area (Å²) < 4.78 is 5.63. The van der Waals surface area contributed by atoms with E-state index in [1.807, 2.05) is 19.1 Å². The average molecular weight is 654 g/mol. The van der Waals surface area contributed by atoms with E-state index in [2.05, 4.69) is 62.5 Å². The third-order valence-electron chi connectivity index (χ3n) is 11.2. The van der Waals surface area contributed by atoms with Gasteiger partial charge in [-0.15, -0.1) is 0 Å². The molecule has 1 aliphatic carbocycles. The van der Waals surface area contributed by atoms with Crippen molar-refractivity contribution < 1.29 is 9.53 Å². The standard InChI is InChI=1S/C37H51N9O2/c1-4-26-22-27(7-8-30(26)46-14-9-29(10-15-46)45-18-16-44(3)17-19-45)40-36-33(34(38)47)42-32(31-25(2)6-5-13-39-31)35(43-36)41-28-23-37(24-28)11-20-48-21-12-37/h5-8,13,22,28-29H,4,9-12,14-21,23-24H2,1-3H3,(H2,38,47)(H2,40,41,43). The van der Waals surface area contributed by atoms with Crippen LogP contribution in [0.1, 0.15) is 67.1 Å². The van der Waals surface area contributed by atoms with Gasteiger partial charge in [-0.3, -0.25) is 14.7 Å². The number of anilines is 4. The molecule has 0 atom stereocenters. The molecule has 1 saturated carbocycles. The molecule has 1 spiro atoms. The van der Waals surface area contributed by atoms with Crippen molar-refractivity contribution in [3.05, 3.63) is 53.3 Å². The van der Waals surface area contributed by atoms with Crippen molar-refractivity contribution in [3.63, 3.8) is 0 Å². The number of hydrogen-bond acceptors (Lipinski definition) is 10. The lowest BCUT2D eigenvalue weighted by Gasteiger charge is -2.50. The fraction of sp³-hybridized carbons (Fsp3) is 0.568. The molecule has 0 bridgehead atoms. The number of carbonyl (C=O) groups excluding carboxylic acids is 1. The van der Waals surface area contributed by atoms with Gasteiger partial charge in [0.15, 0.2) is 17.3 Å². The van der Waals surface area contributed by atoms with Crippen LogP contribution in [-0.4, -0.2) is 102 Å². The van der Waals surface area contributed by atoms with Gasteiger partial charge in [0.2, 0.25) is 0 Å². The Kier molecular flexibility index (Phi) is 9.53. The van der Waals surface area contributed by atoms with Crippen LogP contribution in [0.25, 0.3) is 11.4 Å². The highest BCUT2D eigenvalue weighted by molar-refractivity contribution is 5.97. The van der Waals surface area contributed by atoms with Crippen LogP contribution < -0.4 is 21.3 Å². The van der Waals surface area contributed by atoms with Crippen molar-refractivity contribution in [2.75, 3.05) is 75.1 Å².